The van der Waals surface area contributed by atoms with Crippen molar-refractivity contribution in [2.24, 2.45) is 0 Å². The summed E-state index contributed by atoms with van der Waals surface area (Å²) in [7, 11) is 0. The van der Waals surface area contributed by atoms with Gasteiger partial charge in [0, 0.05) is 9.37 Å². The number of anilines is 1. The second kappa shape index (κ2) is 6.59. The lowest BCUT2D eigenvalue weighted by Gasteiger charge is -2.07. The Morgan fingerprint density at radius 1 is 1.17 bits per heavy atom. The van der Waals surface area contributed by atoms with Gasteiger partial charge in [0.15, 0.2) is 0 Å². The number of aromatic nitrogens is 2. The van der Waals surface area contributed by atoms with Crippen LogP contribution < -0.4 is 11.0 Å². The molecule has 1 amide bonds. The predicted molar refractivity (Wildman–Crippen MR) is 92.4 cm³/mol. The number of imidazole rings is 1. The fourth-order valence-corrected chi connectivity index (χ4v) is 3.16. The summed E-state index contributed by atoms with van der Waals surface area (Å²) in [5.74, 6) is -0.312. The van der Waals surface area contributed by atoms with Crippen LogP contribution in [0.1, 0.15) is 0 Å². The van der Waals surface area contributed by atoms with Crippen molar-refractivity contribution >= 4 is 50.3 Å². The fraction of sp³-hybridized carbons (Fsp3) is 0.0667. The molecule has 1 heterocycles. The summed E-state index contributed by atoms with van der Waals surface area (Å²) in [4.78, 5) is 29.4. The second-order valence-electron chi connectivity index (χ2n) is 4.75. The largest absolute Gasteiger partial charge is 0.324 e. The standard InChI is InChI=1S/C15H11BrFN3O2S/c16-10-5-12-13(20-15(22)19-12)6-11(10)18-14(21)7-23-9-3-1-8(17)2-4-9/h1-6H,7H2,(H,18,21)(H2,19,20,22). The van der Waals surface area contributed by atoms with Crippen molar-refractivity contribution in [1.82, 2.24) is 9.97 Å². The molecule has 2 aromatic carbocycles. The lowest BCUT2D eigenvalue weighted by molar-refractivity contribution is -0.113. The molecular weight excluding hydrogens is 385 g/mol. The molecule has 0 spiro atoms. The first-order chi connectivity index (χ1) is 11.0. The number of aromatic amines is 2. The van der Waals surface area contributed by atoms with E-state index in [0.717, 1.165) is 4.90 Å². The number of halogens is 2. The summed E-state index contributed by atoms with van der Waals surface area (Å²) < 4.78 is 13.5. The van der Waals surface area contributed by atoms with Crippen molar-refractivity contribution in [2.45, 2.75) is 4.90 Å². The van der Waals surface area contributed by atoms with Crippen LogP contribution in [0.5, 0.6) is 0 Å². The van der Waals surface area contributed by atoms with Gasteiger partial charge in [-0.05, 0) is 52.3 Å². The van der Waals surface area contributed by atoms with Gasteiger partial charge in [-0.2, -0.15) is 0 Å². The zero-order valence-electron chi connectivity index (χ0n) is 11.7. The van der Waals surface area contributed by atoms with Crippen LogP contribution in [0, 0.1) is 5.82 Å². The molecule has 0 bridgehead atoms. The topological polar surface area (TPSA) is 77.8 Å². The van der Waals surface area contributed by atoms with Crippen molar-refractivity contribution < 1.29 is 9.18 Å². The molecule has 8 heteroatoms. The Balaban J connectivity index is 1.68. The minimum Gasteiger partial charge on any atom is -0.324 e. The number of hydrogen-bond donors (Lipinski definition) is 3. The van der Waals surface area contributed by atoms with Gasteiger partial charge >= 0.3 is 5.69 Å². The van der Waals surface area contributed by atoms with Crippen LogP contribution in [0.15, 0.2) is 50.6 Å². The number of benzene rings is 2. The SMILES string of the molecule is O=C(CSc1ccc(F)cc1)Nc1cc2[nH]c(=O)[nH]c2cc1Br. The number of rotatable bonds is 4. The zero-order chi connectivity index (χ0) is 16.4. The molecule has 0 aliphatic rings. The first kappa shape index (κ1) is 15.8. The molecule has 0 atom stereocenters. The summed E-state index contributed by atoms with van der Waals surface area (Å²) in [5, 5.41) is 2.78. The molecule has 0 unspecified atom stereocenters. The van der Waals surface area contributed by atoms with Gasteiger partial charge < -0.3 is 15.3 Å². The van der Waals surface area contributed by atoms with Gasteiger partial charge in [-0.25, -0.2) is 9.18 Å². The summed E-state index contributed by atoms with van der Waals surface area (Å²) in [6, 6.07) is 9.35. The van der Waals surface area contributed by atoms with E-state index in [2.05, 4.69) is 31.2 Å². The lowest BCUT2D eigenvalue weighted by Crippen LogP contribution is -2.14. The number of fused-ring (bicyclic) bond motifs is 1. The number of thioether (sulfide) groups is 1. The molecule has 3 aromatic rings. The highest BCUT2D eigenvalue weighted by atomic mass is 79.9. The van der Waals surface area contributed by atoms with Gasteiger partial charge in [0.05, 0.1) is 22.5 Å². The first-order valence-corrected chi connectivity index (χ1v) is 8.39. The molecule has 0 aliphatic heterocycles. The van der Waals surface area contributed by atoms with E-state index in [-0.39, 0.29) is 23.2 Å². The van der Waals surface area contributed by atoms with E-state index in [9.17, 15) is 14.0 Å². The molecule has 0 fully saturated rings. The molecular formula is C15H11BrFN3O2S. The van der Waals surface area contributed by atoms with Crippen molar-refractivity contribution in [3.63, 3.8) is 0 Å². The van der Waals surface area contributed by atoms with Crippen LogP contribution in [0.2, 0.25) is 0 Å². The van der Waals surface area contributed by atoms with E-state index < -0.39 is 0 Å². The molecule has 3 rings (SSSR count). The number of carbonyl (C=O) groups excluding carboxylic acids is 1. The molecule has 3 N–H and O–H groups in total. The smallest absolute Gasteiger partial charge is 0.323 e. The maximum atomic E-state index is 12.8. The van der Waals surface area contributed by atoms with Crippen LogP contribution in [-0.4, -0.2) is 21.6 Å². The van der Waals surface area contributed by atoms with Gasteiger partial charge in [0.25, 0.3) is 0 Å². The Hall–Kier alpha value is -2.06. The molecule has 118 valence electrons. The third-order valence-corrected chi connectivity index (χ3v) is 4.73. The number of nitrogens with one attached hydrogen (secondary N) is 3. The highest BCUT2D eigenvalue weighted by molar-refractivity contribution is 9.10. The van der Waals surface area contributed by atoms with Gasteiger partial charge in [-0.3, -0.25) is 4.79 Å². The van der Waals surface area contributed by atoms with Gasteiger partial charge in [-0.15, -0.1) is 11.8 Å². The summed E-state index contributed by atoms with van der Waals surface area (Å²) in [5.41, 5.74) is 1.53. The van der Waals surface area contributed by atoms with E-state index in [1.807, 2.05) is 0 Å². The van der Waals surface area contributed by atoms with Gasteiger partial charge in [0.2, 0.25) is 5.91 Å². The Labute approximate surface area is 142 Å². The van der Waals surface area contributed by atoms with Crippen molar-refractivity contribution in [3.05, 3.63) is 57.2 Å². The molecule has 23 heavy (non-hydrogen) atoms. The van der Waals surface area contributed by atoms with Gasteiger partial charge in [-0.1, -0.05) is 0 Å². The number of carbonyl (C=O) groups is 1. The molecule has 0 radical (unpaired) electrons. The Morgan fingerprint density at radius 3 is 2.52 bits per heavy atom. The minimum atomic E-state index is -0.309. The highest BCUT2D eigenvalue weighted by Gasteiger charge is 2.09. The van der Waals surface area contributed by atoms with Crippen molar-refractivity contribution in [2.75, 3.05) is 11.1 Å². The maximum absolute atomic E-state index is 12.8. The normalized spacial score (nSPS) is 10.9. The van der Waals surface area contributed by atoms with Crippen LogP contribution in [0.3, 0.4) is 0 Å². The summed E-state index contributed by atoms with van der Waals surface area (Å²) in [6.07, 6.45) is 0. The maximum Gasteiger partial charge on any atom is 0.323 e. The average molecular weight is 396 g/mol. The van der Waals surface area contributed by atoms with Crippen molar-refractivity contribution in [3.8, 4) is 0 Å². The molecule has 1 aromatic heterocycles. The molecule has 0 aliphatic carbocycles. The fourth-order valence-electron chi connectivity index (χ4n) is 2.02. The van der Waals surface area contributed by atoms with Gasteiger partial charge in [0.1, 0.15) is 5.82 Å². The Morgan fingerprint density at radius 2 is 1.83 bits per heavy atom. The van der Waals surface area contributed by atoms with E-state index in [1.165, 1.54) is 23.9 Å². The van der Waals surface area contributed by atoms with Crippen LogP contribution in [0.25, 0.3) is 11.0 Å². The third-order valence-electron chi connectivity index (χ3n) is 3.06. The number of hydrogen-bond acceptors (Lipinski definition) is 3. The van der Waals surface area contributed by atoms with Crippen molar-refractivity contribution in [1.29, 1.82) is 0 Å². The van der Waals surface area contributed by atoms with E-state index in [4.69, 9.17) is 0 Å². The zero-order valence-corrected chi connectivity index (χ0v) is 14.1. The predicted octanol–water partition coefficient (Wildman–Crippen LogP) is 3.49. The average Bonchev–Trinajstić information content (AvgIpc) is 2.86. The Bertz CT molecular complexity index is 921. The quantitative estimate of drug-likeness (QED) is 0.591. The van der Waals surface area contributed by atoms with Crippen LogP contribution in [0.4, 0.5) is 10.1 Å². The second-order valence-corrected chi connectivity index (χ2v) is 6.65. The summed E-state index contributed by atoms with van der Waals surface area (Å²) >= 11 is 4.67. The monoisotopic (exact) mass is 395 g/mol. The number of H-pyrrole nitrogens is 2. The number of amides is 1. The minimum absolute atomic E-state index is 0.194. The van der Waals surface area contributed by atoms with E-state index in [0.29, 0.717) is 21.2 Å². The first-order valence-electron chi connectivity index (χ1n) is 6.61. The van der Waals surface area contributed by atoms with E-state index in [1.54, 1.807) is 24.3 Å². The molecule has 5 nitrogen and oxygen atoms in total. The molecule has 0 saturated heterocycles. The van der Waals surface area contributed by atoms with Crippen LogP contribution in [-0.2, 0) is 4.79 Å². The van der Waals surface area contributed by atoms with Crippen LogP contribution >= 0.6 is 27.7 Å². The summed E-state index contributed by atoms with van der Waals surface area (Å²) in [6.45, 7) is 0. The Kier molecular flexibility index (Phi) is 4.53. The molecule has 0 saturated carbocycles. The highest BCUT2D eigenvalue weighted by Crippen LogP contribution is 2.27. The van der Waals surface area contributed by atoms with E-state index >= 15 is 0 Å². The lowest BCUT2D eigenvalue weighted by atomic mass is 10.3. The third kappa shape index (κ3) is 3.83.